The van der Waals surface area contributed by atoms with Crippen molar-refractivity contribution in [2.24, 2.45) is 0 Å². The highest BCUT2D eigenvalue weighted by Gasteiger charge is 2.40. The normalized spacial score (nSPS) is 14.8. The van der Waals surface area contributed by atoms with Gasteiger partial charge < -0.3 is 15.4 Å². The van der Waals surface area contributed by atoms with E-state index >= 15 is 0 Å². The summed E-state index contributed by atoms with van der Waals surface area (Å²) in [4.78, 5) is 54.4. The third kappa shape index (κ3) is 7.47. The van der Waals surface area contributed by atoms with Gasteiger partial charge in [-0.1, -0.05) is 56.1 Å². The second-order valence-electron chi connectivity index (χ2n) is 9.60. The summed E-state index contributed by atoms with van der Waals surface area (Å²) in [6.45, 7) is 0. The third-order valence-corrected chi connectivity index (χ3v) is 8.78. The zero-order valence-electron chi connectivity index (χ0n) is 23.3. The fourth-order valence-corrected chi connectivity index (χ4v) is 6.24. The van der Waals surface area contributed by atoms with Crippen LogP contribution in [0.1, 0.15) is 22.3 Å². The van der Waals surface area contributed by atoms with Crippen LogP contribution in [0.5, 0.6) is 5.75 Å². The lowest BCUT2D eigenvalue weighted by molar-refractivity contribution is -0.121. The first-order valence-electron chi connectivity index (χ1n) is 13.3. The standard InChI is InChI=1S/C33H25Br2N3O5S/c1-43-28-15-12-23(35)16-21(28)17-27(37-31(40)20-6-3-2-4-7-20)32(41)36-24-8-5-9-26(18-24)44-29-19-30(39)38(33(29)42)25-13-10-22(34)11-14-25/h2-18,29H,19H2,1H3,(H,36,41)(H,37,40)/b27-17-/t29-/m0/s1. The molecule has 0 radical (unpaired) electrons. The largest absolute Gasteiger partial charge is 0.496 e. The van der Waals surface area contributed by atoms with Crippen LogP contribution in [0.3, 0.4) is 0 Å². The van der Waals surface area contributed by atoms with Crippen molar-refractivity contribution < 1.29 is 23.9 Å². The molecule has 0 saturated carbocycles. The van der Waals surface area contributed by atoms with Crippen molar-refractivity contribution in [1.29, 1.82) is 0 Å². The lowest BCUT2D eigenvalue weighted by Crippen LogP contribution is -2.31. The lowest BCUT2D eigenvalue weighted by Gasteiger charge is -2.15. The van der Waals surface area contributed by atoms with Crippen LogP contribution in [-0.2, 0) is 14.4 Å². The fourth-order valence-electron chi connectivity index (χ4n) is 4.48. The number of imide groups is 1. The minimum absolute atomic E-state index is 0.00461. The van der Waals surface area contributed by atoms with Gasteiger partial charge in [0.15, 0.2) is 0 Å². The van der Waals surface area contributed by atoms with Gasteiger partial charge in [-0.15, -0.1) is 11.8 Å². The Kier molecular flexibility index (Phi) is 9.99. The van der Waals surface area contributed by atoms with Crippen LogP contribution in [0.25, 0.3) is 6.08 Å². The molecule has 1 fully saturated rings. The van der Waals surface area contributed by atoms with E-state index in [0.29, 0.717) is 33.1 Å². The van der Waals surface area contributed by atoms with E-state index in [9.17, 15) is 19.2 Å². The number of carbonyl (C=O) groups is 4. The van der Waals surface area contributed by atoms with Gasteiger partial charge in [0.2, 0.25) is 11.8 Å². The summed E-state index contributed by atoms with van der Waals surface area (Å²) in [5.74, 6) is -1.07. The molecule has 4 aromatic rings. The van der Waals surface area contributed by atoms with E-state index in [1.807, 2.05) is 6.07 Å². The number of thioether (sulfide) groups is 1. The number of anilines is 2. The Morgan fingerprint density at radius 1 is 0.909 bits per heavy atom. The summed E-state index contributed by atoms with van der Waals surface area (Å²) in [6.07, 6.45) is 1.60. The number of amides is 4. The van der Waals surface area contributed by atoms with E-state index in [0.717, 1.165) is 8.95 Å². The molecule has 1 aliphatic heterocycles. The van der Waals surface area contributed by atoms with E-state index in [1.54, 1.807) is 91.0 Å². The van der Waals surface area contributed by atoms with Gasteiger partial charge in [-0.25, -0.2) is 4.90 Å². The highest BCUT2D eigenvalue weighted by atomic mass is 79.9. The average Bonchev–Trinajstić information content (AvgIpc) is 3.29. The molecule has 0 unspecified atom stereocenters. The number of methoxy groups -OCH3 is 1. The molecule has 4 amide bonds. The molecule has 44 heavy (non-hydrogen) atoms. The van der Waals surface area contributed by atoms with Gasteiger partial charge in [0.05, 0.1) is 18.0 Å². The maximum atomic E-state index is 13.6. The molecule has 0 spiro atoms. The number of nitrogens with one attached hydrogen (secondary N) is 2. The summed E-state index contributed by atoms with van der Waals surface area (Å²) in [7, 11) is 1.52. The van der Waals surface area contributed by atoms with Crippen LogP contribution in [0, 0.1) is 0 Å². The Balaban J connectivity index is 1.36. The maximum absolute atomic E-state index is 13.6. The summed E-state index contributed by atoms with van der Waals surface area (Å²) >= 11 is 8.06. The molecule has 0 aliphatic carbocycles. The lowest BCUT2D eigenvalue weighted by atomic mass is 10.1. The molecule has 1 heterocycles. The highest BCUT2D eigenvalue weighted by molar-refractivity contribution is 9.10. The van der Waals surface area contributed by atoms with Crippen LogP contribution in [0.4, 0.5) is 11.4 Å². The number of nitrogens with zero attached hydrogens (tertiary/aromatic N) is 1. The summed E-state index contributed by atoms with van der Waals surface area (Å²) in [6, 6.07) is 27.9. The summed E-state index contributed by atoms with van der Waals surface area (Å²) in [5.41, 5.74) is 1.92. The molecule has 5 rings (SSSR count). The van der Waals surface area contributed by atoms with Crippen molar-refractivity contribution in [1.82, 2.24) is 5.32 Å². The van der Waals surface area contributed by atoms with Crippen molar-refractivity contribution in [3.05, 3.63) is 123 Å². The topological polar surface area (TPSA) is 105 Å². The molecule has 1 aliphatic rings. The van der Waals surface area contributed by atoms with Gasteiger partial charge in [0, 0.05) is 37.1 Å². The van der Waals surface area contributed by atoms with Crippen molar-refractivity contribution >= 4 is 84.7 Å². The van der Waals surface area contributed by atoms with Crippen LogP contribution in [-0.4, -0.2) is 36.0 Å². The van der Waals surface area contributed by atoms with E-state index in [2.05, 4.69) is 42.5 Å². The zero-order chi connectivity index (χ0) is 31.2. The molecule has 11 heteroatoms. The number of carbonyl (C=O) groups excluding carboxylic acids is 4. The Bertz CT molecular complexity index is 1760. The number of benzene rings is 4. The van der Waals surface area contributed by atoms with Crippen LogP contribution in [0.2, 0.25) is 0 Å². The van der Waals surface area contributed by atoms with E-state index in [-0.39, 0.29) is 23.9 Å². The van der Waals surface area contributed by atoms with Crippen molar-refractivity contribution in [3.63, 3.8) is 0 Å². The zero-order valence-corrected chi connectivity index (χ0v) is 27.2. The molecule has 4 aromatic carbocycles. The Morgan fingerprint density at radius 2 is 1.64 bits per heavy atom. The van der Waals surface area contributed by atoms with Crippen LogP contribution in [0.15, 0.2) is 117 Å². The number of rotatable bonds is 9. The number of hydrogen-bond donors (Lipinski definition) is 2. The SMILES string of the molecule is COc1ccc(Br)cc1/C=C(\NC(=O)c1ccccc1)C(=O)Nc1cccc(S[C@H]2CC(=O)N(c3ccc(Br)cc3)C2=O)c1. The highest BCUT2D eigenvalue weighted by Crippen LogP contribution is 2.35. The average molecular weight is 735 g/mol. The van der Waals surface area contributed by atoms with Crippen LogP contribution >= 0.6 is 43.6 Å². The maximum Gasteiger partial charge on any atom is 0.272 e. The molecule has 0 bridgehead atoms. The van der Waals surface area contributed by atoms with E-state index < -0.39 is 17.1 Å². The molecule has 8 nitrogen and oxygen atoms in total. The molecule has 0 aromatic heterocycles. The Labute approximate surface area is 275 Å². The molecule has 1 saturated heterocycles. The van der Waals surface area contributed by atoms with Gasteiger partial charge >= 0.3 is 0 Å². The van der Waals surface area contributed by atoms with Crippen molar-refractivity contribution in [2.75, 3.05) is 17.3 Å². The third-order valence-electron chi connectivity index (χ3n) is 6.58. The van der Waals surface area contributed by atoms with Gasteiger partial charge in [-0.3, -0.25) is 19.2 Å². The number of hydrogen-bond acceptors (Lipinski definition) is 6. The second kappa shape index (κ2) is 14.1. The Hall–Kier alpha value is -4.19. The monoisotopic (exact) mass is 733 g/mol. The van der Waals surface area contributed by atoms with Crippen molar-refractivity contribution in [2.45, 2.75) is 16.6 Å². The van der Waals surface area contributed by atoms with Crippen molar-refractivity contribution in [3.8, 4) is 5.75 Å². The Morgan fingerprint density at radius 3 is 2.36 bits per heavy atom. The first kappa shape index (κ1) is 31.2. The quantitative estimate of drug-likeness (QED) is 0.141. The predicted molar refractivity (Wildman–Crippen MR) is 179 cm³/mol. The molecular formula is C33H25Br2N3O5S. The van der Waals surface area contributed by atoms with E-state index in [1.165, 1.54) is 29.8 Å². The van der Waals surface area contributed by atoms with Gasteiger partial charge in [-0.2, -0.15) is 0 Å². The fraction of sp³-hybridized carbons (Fsp3) is 0.0909. The smallest absolute Gasteiger partial charge is 0.272 e. The first-order chi connectivity index (χ1) is 21.2. The summed E-state index contributed by atoms with van der Waals surface area (Å²) in [5, 5.41) is 4.96. The first-order valence-corrected chi connectivity index (χ1v) is 15.8. The van der Waals surface area contributed by atoms with Gasteiger partial charge in [0.25, 0.3) is 11.8 Å². The number of halogens is 2. The molecule has 222 valence electrons. The number of ether oxygens (including phenoxy) is 1. The predicted octanol–water partition coefficient (Wildman–Crippen LogP) is 7.05. The molecular weight excluding hydrogens is 710 g/mol. The van der Waals surface area contributed by atoms with E-state index in [4.69, 9.17) is 4.74 Å². The van der Waals surface area contributed by atoms with Gasteiger partial charge in [0.1, 0.15) is 11.4 Å². The van der Waals surface area contributed by atoms with Gasteiger partial charge in [-0.05, 0) is 78.9 Å². The summed E-state index contributed by atoms with van der Waals surface area (Å²) < 4.78 is 7.07. The molecule has 2 N–H and O–H groups in total. The van der Waals surface area contributed by atoms with Crippen LogP contribution < -0.4 is 20.3 Å². The minimum atomic E-state index is -0.610. The second-order valence-corrected chi connectivity index (χ2v) is 12.7. The minimum Gasteiger partial charge on any atom is -0.496 e. The molecule has 1 atom stereocenters.